The van der Waals surface area contributed by atoms with Crippen LogP contribution in [0, 0.1) is 0 Å². The number of likely N-dealkylation sites (tertiary alicyclic amines) is 1. The molecule has 1 unspecified atom stereocenters. The molecule has 2 atom stereocenters. The van der Waals surface area contributed by atoms with E-state index < -0.39 is 21.8 Å². The second-order valence-electron chi connectivity index (χ2n) is 9.79. The highest BCUT2D eigenvalue weighted by atomic mass is 35.5. The number of benzene rings is 2. The standard InChI is InChI=1S/C25H29Cl2F3N4O3S/c1-31(14-17-3-6-19(7-4-17)25(28,29)30)23-16-33(15-20(23)18-5-8-21(26)22(27)13-18)24(35)32-9-11-34(12-10-32)38(2,36)37/h3-8,13,20,23H,9-12,14-16H2,1-2H3/t20-,23?/m1/s1. The number of halogens is 5. The van der Waals surface area contributed by atoms with Crippen molar-refractivity contribution in [3.05, 3.63) is 69.2 Å². The van der Waals surface area contributed by atoms with E-state index in [0.717, 1.165) is 29.5 Å². The van der Waals surface area contributed by atoms with E-state index in [2.05, 4.69) is 0 Å². The molecule has 7 nitrogen and oxygen atoms in total. The molecule has 2 aliphatic rings. The van der Waals surface area contributed by atoms with Crippen LogP contribution in [0.15, 0.2) is 42.5 Å². The Labute approximate surface area is 230 Å². The minimum absolute atomic E-state index is 0.120. The quantitative estimate of drug-likeness (QED) is 0.509. The molecule has 0 aromatic heterocycles. The molecule has 0 spiro atoms. The normalized spacial score (nSPS) is 21.4. The first kappa shape index (κ1) is 28.9. The highest BCUT2D eigenvalue weighted by Crippen LogP contribution is 2.35. The molecule has 0 aliphatic carbocycles. The van der Waals surface area contributed by atoms with Gasteiger partial charge in [-0.05, 0) is 42.4 Å². The van der Waals surface area contributed by atoms with Crippen LogP contribution in [0.3, 0.4) is 0 Å². The van der Waals surface area contributed by atoms with Gasteiger partial charge in [-0.2, -0.15) is 17.5 Å². The average Bonchev–Trinajstić information content (AvgIpc) is 3.30. The largest absolute Gasteiger partial charge is 0.416 e. The number of nitrogens with zero attached hydrogens (tertiary/aromatic N) is 4. The summed E-state index contributed by atoms with van der Waals surface area (Å²) in [4.78, 5) is 18.9. The number of hydrogen-bond acceptors (Lipinski definition) is 4. The highest BCUT2D eigenvalue weighted by Gasteiger charge is 2.41. The number of hydrogen-bond donors (Lipinski definition) is 0. The van der Waals surface area contributed by atoms with Crippen LogP contribution < -0.4 is 0 Å². The van der Waals surface area contributed by atoms with E-state index >= 15 is 0 Å². The van der Waals surface area contributed by atoms with Crippen molar-refractivity contribution in [2.75, 3.05) is 52.6 Å². The van der Waals surface area contributed by atoms with Gasteiger partial charge in [0, 0.05) is 57.8 Å². The Morgan fingerprint density at radius 1 is 0.974 bits per heavy atom. The molecular weight excluding hydrogens is 564 g/mol. The molecule has 4 rings (SSSR count). The molecule has 208 valence electrons. The minimum Gasteiger partial charge on any atom is -0.322 e. The number of alkyl halides is 3. The first-order valence-corrected chi connectivity index (χ1v) is 14.6. The lowest BCUT2D eigenvalue weighted by molar-refractivity contribution is -0.137. The number of rotatable bonds is 5. The third-order valence-corrected chi connectivity index (χ3v) is 9.23. The number of urea groups is 1. The summed E-state index contributed by atoms with van der Waals surface area (Å²) in [6.45, 7) is 2.27. The van der Waals surface area contributed by atoms with Gasteiger partial charge in [0.05, 0.1) is 21.9 Å². The summed E-state index contributed by atoms with van der Waals surface area (Å²) in [5, 5.41) is 0.815. The number of amides is 2. The molecule has 13 heteroatoms. The average molecular weight is 593 g/mol. The van der Waals surface area contributed by atoms with E-state index in [1.165, 1.54) is 16.4 Å². The Kier molecular flexibility index (Phi) is 8.54. The zero-order valence-electron chi connectivity index (χ0n) is 21.0. The fourth-order valence-electron chi connectivity index (χ4n) is 5.08. The number of sulfonamides is 1. The van der Waals surface area contributed by atoms with Crippen LogP contribution in [0.1, 0.15) is 22.6 Å². The third-order valence-electron chi connectivity index (χ3n) is 7.19. The molecule has 2 heterocycles. The molecule has 2 amide bonds. The first-order valence-electron chi connectivity index (χ1n) is 12.0. The third kappa shape index (κ3) is 6.56. The van der Waals surface area contributed by atoms with Crippen molar-refractivity contribution in [1.29, 1.82) is 0 Å². The smallest absolute Gasteiger partial charge is 0.322 e. The minimum atomic E-state index is -4.40. The van der Waals surface area contributed by atoms with Crippen molar-refractivity contribution in [1.82, 2.24) is 19.0 Å². The zero-order chi connectivity index (χ0) is 27.8. The van der Waals surface area contributed by atoms with Crippen molar-refractivity contribution in [2.45, 2.75) is 24.7 Å². The van der Waals surface area contributed by atoms with Crippen LogP contribution in [0.4, 0.5) is 18.0 Å². The fraction of sp³-hybridized carbons (Fsp3) is 0.480. The number of piperazine rings is 1. The molecule has 2 aromatic rings. The van der Waals surface area contributed by atoms with Crippen molar-refractivity contribution in [3.63, 3.8) is 0 Å². The van der Waals surface area contributed by atoms with Gasteiger partial charge in [-0.1, -0.05) is 41.4 Å². The maximum atomic E-state index is 13.4. The lowest BCUT2D eigenvalue weighted by atomic mass is 9.93. The van der Waals surface area contributed by atoms with Crippen molar-refractivity contribution < 1.29 is 26.4 Å². The van der Waals surface area contributed by atoms with Crippen LogP contribution in [0.5, 0.6) is 0 Å². The van der Waals surface area contributed by atoms with Gasteiger partial charge in [0.1, 0.15) is 0 Å². The predicted octanol–water partition coefficient (Wildman–Crippen LogP) is 4.61. The Morgan fingerprint density at radius 3 is 2.16 bits per heavy atom. The van der Waals surface area contributed by atoms with Gasteiger partial charge < -0.3 is 9.80 Å². The maximum Gasteiger partial charge on any atom is 0.416 e. The number of carbonyl (C=O) groups is 1. The first-order chi connectivity index (χ1) is 17.7. The van der Waals surface area contributed by atoms with Crippen LogP contribution in [-0.2, 0) is 22.7 Å². The summed E-state index contributed by atoms with van der Waals surface area (Å²) in [6.07, 6.45) is -3.24. The second-order valence-corrected chi connectivity index (χ2v) is 12.6. The molecule has 0 saturated carbocycles. The van der Waals surface area contributed by atoms with Gasteiger partial charge in [-0.15, -0.1) is 0 Å². The van der Waals surface area contributed by atoms with E-state index in [1.54, 1.807) is 21.9 Å². The molecule has 0 N–H and O–H groups in total. The van der Waals surface area contributed by atoms with Crippen molar-refractivity contribution >= 4 is 39.3 Å². The lowest BCUT2D eigenvalue weighted by Gasteiger charge is -2.35. The highest BCUT2D eigenvalue weighted by molar-refractivity contribution is 7.88. The molecule has 0 radical (unpaired) electrons. The number of carbonyl (C=O) groups excluding carboxylic acids is 1. The van der Waals surface area contributed by atoms with Gasteiger partial charge >= 0.3 is 12.2 Å². The van der Waals surface area contributed by atoms with Crippen LogP contribution in [0.2, 0.25) is 10.0 Å². The summed E-state index contributed by atoms with van der Waals surface area (Å²) in [7, 11) is -1.44. The van der Waals surface area contributed by atoms with E-state index in [0.29, 0.717) is 42.8 Å². The van der Waals surface area contributed by atoms with E-state index in [-0.39, 0.29) is 31.1 Å². The predicted molar refractivity (Wildman–Crippen MR) is 141 cm³/mol. The second kappa shape index (κ2) is 11.2. The van der Waals surface area contributed by atoms with Gasteiger partial charge in [-0.25, -0.2) is 13.2 Å². The maximum absolute atomic E-state index is 13.4. The Bertz CT molecular complexity index is 1270. The summed E-state index contributed by atoms with van der Waals surface area (Å²) < 4.78 is 64.0. The molecule has 2 aromatic carbocycles. The lowest BCUT2D eigenvalue weighted by Crippen LogP contribution is -2.53. The Balaban J connectivity index is 1.52. The SMILES string of the molecule is CN(Cc1ccc(C(F)(F)F)cc1)C1CN(C(=O)N2CCN(S(C)(=O)=O)CC2)C[C@@H]1c1ccc(Cl)c(Cl)c1. The van der Waals surface area contributed by atoms with E-state index in [9.17, 15) is 26.4 Å². The van der Waals surface area contributed by atoms with E-state index in [1.807, 2.05) is 18.0 Å². The Morgan fingerprint density at radius 2 is 1.61 bits per heavy atom. The summed E-state index contributed by atoms with van der Waals surface area (Å²) in [6, 6.07) is 10.1. The van der Waals surface area contributed by atoms with Gasteiger partial charge in [-0.3, -0.25) is 4.90 Å². The summed E-state index contributed by atoms with van der Waals surface area (Å²) in [5.74, 6) is -0.120. The van der Waals surface area contributed by atoms with Crippen molar-refractivity contribution in [2.24, 2.45) is 0 Å². The zero-order valence-corrected chi connectivity index (χ0v) is 23.3. The van der Waals surface area contributed by atoms with Gasteiger partial charge in [0.2, 0.25) is 10.0 Å². The van der Waals surface area contributed by atoms with Crippen LogP contribution >= 0.6 is 23.2 Å². The van der Waals surface area contributed by atoms with Crippen LogP contribution in [-0.4, -0.2) is 92.1 Å². The molecule has 2 aliphatic heterocycles. The molecule has 38 heavy (non-hydrogen) atoms. The Hall–Kier alpha value is -2.05. The monoisotopic (exact) mass is 592 g/mol. The fourth-order valence-corrected chi connectivity index (χ4v) is 6.21. The molecule has 2 saturated heterocycles. The van der Waals surface area contributed by atoms with Gasteiger partial charge in [0.25, 0.3) is 0 Å². The van der Waals surface area contributed by atoms with Gasteiger partial charge in [0.15, 0.2) is 0 Å². The van der Waals surface area contributed by atoms with E-state index in [4.69, 9.17) is 23.2 Å². The summed E-state index contributed by atoms with van der Waals surface area (Å²) >= 11 is 12.4. The van der Waals surface area contributed by atoms with Crippen molar-refractivity contribution in [3.8, 4) is 0 Å². The molecule has 2 fully saturated rings. The summed E-state index contributed by atoms with van der Waals surface area (Å²) in [5.41, 5.74) is 0.919. The topological polar surface area (TPSA) is 64.2 Å². The molecular formula is C25H29Cl2F3N4O3S. The number of likely N-dealkylation sites (N-methyl/N-ethyl adjacent to an activating group) is 1. The van der Waals surface area contributed by atoms with Crippen LogP contribution in [0.25, 0.3) is 0 Å². The molecule has 0 bridgehead atoms.